The van der Waals surface area contributed by atoms with Gasteiger partial charge in [-0.05, 0) is 52.7 Å². The van der Waals surface area contributed by atoms with Gasteiger partial charge >= 0.3 is 0 Å². The van der Waals surface area contributed by atoms with E-state index >= 15 is 0 Å². The molecule has 1 aliphatic heterocycles. The molecule has 5 rings (SSSR count). The van der Waals surface area contributed by atoms with Crippen LogP contribution in [-0.4, -0.2) is 25.0 Å². The molecular weight excluding hydrogens is 474 g/mol. The van der Waals surface area contributed by atoms with Gasteiger partial charge in [0.2, 0.25) is 0 Å². The number of carbonyl (C=O) groups is 1. The van der Waals surface area contributed by atoms with Crippen LogP contribution < -0.4 is 4.72 Å². The van der Waals surface area contributed by atoms with E-state index in [9.17, 15) is 13.2 Å². The summed E-state index contributed by atoms with van der Waals surface area (Å²) in [6.45, 7) is 0. The number of hydrazone groups is 1. The predicted molar refractivity (Wildman–Crippen MR) is 132 cm³/mol. The lowest BCUT2D eigenvalue weighted by Gasteiger charge is -2.19. The summed E-state index contributed by atoms with van der Waals surface area (Å²) in [5.41, 5.74) is 2.10. The average molecular weight is 494 g/mol. The fourth-order valence-electron chi connectivity index (χ4n) is 3.63. The van der Waals surface area contributed by atoms with Gasteiger partial charge in [-0.25, -0.2) is 13.4 Å². The predicted octanol–water partition coefficient (Wildman–Crippen LogP) is 5.60. The molecule has 0 saturated carbocycles. The molecule has 0 unspecified atom stereocenters. The highest BCUT2D eigenvalue weighted by atomic mass is 32.2. The van der Waals surface area contributed by atoms with Crippen molar-refractivity contribution in [1.82, 2.24) is 5.01 Å². The molecular formula is C24H19N3O3S3. The Balaban J connectivity index is 1.39. The molecule has 1 atom stereocenters. The van der Waals surface area contributed by atoms with Crippen LogP contribution in [0.3, 0.4) is 0 Å². The molecule has 166 valence electrons. The van der Waals surface area contributed by atoms with Crippen molar-refractivity contribution in [2.24, 2.45) is 5.10 Å². The van der Waals surface area contributed by atoms with Crippen molar-refractivity contribution < 1.29 is 13.2 Å². The number of amides is 1. The Hall–Kier alpha value is -3.27. The first-order valence-corrected chi connectivity index (χ1v) is 13.4. The van der Waals surface area contributed by atoms with Gasteiger partial charge in [0, 0.05) is 17.0 Å². The molecule has 1 N–H and O–H groups in total. The van der Waals surface area contributed by atoms with Gasteiger partial charge in [-0.2, -0.15) is 5.10 Å². The Labute approximate surface area is 199 Å². The van der Waals surface area contributed by atoms with E-state index in [1.165, 1.54) is 11.3 Å². The first kappa shape index (κ1) is 21.6. The molecule has 0 bridgehead atoms. The van der Waals surface area contributed by atoms with Crippen molar-refractivity contribution in [2.45, 2.75) is 17.4 Å². The topological polar surface area (TPSA) is 78.8 Å². The maximum Gasteiger partial charge on any atom is 0.284 e. The molecule has 0 saturated heterocycles. The fourth-order valence-corrected chi connectivity index (χ4v) is 6.18. The van der Waals surface area contributed by atoms with Crippen LogP contribution in [0.2, 0.25) is 0 Å². The third-order valence-electron chi connectivity index (χ3n) is 5.25. The Morgan fingerprint density at radius 2 is 1.64 bits per heavy atom. The van der Waals surface area contributed by atoms with E-state index in [1.807, 2.05) is 41.1 Å². The molecule has 0 spiro atoms. The van der Waals surface area contributed by atoms with Crippen LogP contribution in [0.1, 0.15) is 32.6 Å². The lowest BCUT2D eigenvalue weighted by Crippen LogP contribution is -2.25. The van der Waals surface area contributed by atoms with Crippen molar-refractivity contribution in [1.29, 1.82) is 0 Å². The van der Waals surface area contributed by atoms with E-state index in [2.05, 4.69) is 9.82 Å². The van der Waals surface area contributed by atoms with Crippen molar-refractivity contribution in [3.05, 3.63) is 105 Å². The summed E-state index contributed by atoms with van der Waals surface area (Å²) in [6.07, 6.45) is 0.590. The van der Waals surface area contributed by atoms with Crippen molar-refractivity contribution in [3.63, 3.8) is 0 Å². The molecule has 0 aliphatic carbocycles. The Morgan fingerprint density at radius 1 is 0.909 bits per heavy atom. The van der Waals surface area contributed by atoms with Crippen LogP contribution in [0.25, 0.3) is 0 Å². The van der Waals surface area contributed by atoms with Gasteiger partial charge in [0.15, 0.2) is 0 Å². The summed E-state index contributed by atoms with van der Waals surface area (Å²) in [5, 5.41) is 10.1. The van der Waals surface area contributed by atoms with Crippen LogP contribution >= 0.6 is 22.7 Å². The fraction of sp³-hybridized carbons (Fsp3) is 0.0833. The summed E-state index contributed by atoms with van der Waals surface area (Å²) in [7, 11) is -3.66. The smallest absolute Gasteiger partial charge is 0.280 e. The van der Waals surface area contributed by atoms with E-state index in [-0.39, 0.29) is 16.8 Å². The van der Waals surface area contributed by atoms with E-state index in [0.29, 0.717) is 17.0 Å². The van der Waals surface area contributed by atoms with Crippen LogP contribution in [0, 0.1) is 0 Å². The Kier molecular flexibility index (Phi) is 5.84. The first-order valence-electron chi connectivity index (χ1n) is 10.2. The molecule has 6 nitrogen and oxygen atoms in total. The van der Waals surface area contributed by atoms with E-state index in [4.69, 9.17) is 0 Å². The number of benzene rings is 2. The number of hydrogen-bond acceptors (Lipinski definition) is 6. The highest BCUT2D eigenvalue weighted by Crippen LogP contribution is 2.36. The minimum absolute atomic E-state index is 0.120. The van der Waals surface area contributed by atoms with E-state index in [0.717, 1.165) is 16.2 Å². The van der Waals surface area contributed by atoms with Gasteiger partial charge in [-0.15, -0.1) is 22.7 Å². The molecule has 2 aromatic carbocycles. The Morgan fingerprint density at radius 3 is 2.30 bits per heavy atom. The van der Waals surface area contributed by atoms with Gasteiger partial charge in [0.1, 0.15) is 0 Å². The zero-order valence-corrected chi connectivity index (χ0v) is 19.7. The summed E-state index contributed by atoms with van der Waals surface area (Å²) in [4.78, 5) is 15.0. The first-order chi connectivity index (χ1) is 16.0. The molecule has 2 aromatic heterocycles. The quantitative estimate of drug-likeness (QED) is 0.380. The third kappa shape index (κ3) is 4.47. The van der Waals surface area contributed by atoms with Gasteiger partial charge in [0.05, 0.1) is 21.5 Å². The minimum Gasteiger partial charge on any atom is -0.280 e. The minimum atomic E-state index is -3.66. The highest BCUT2D eigenvalue weighted by Gasteiger charge is 2.34. The van der Waals surface area contributed by atoms with Crippen molar-refractivity contribution in [3.8, 4) is 0 Å². The largest absolute Gasteiger partial charge is 0.284 e. The number of thiophene rings is 2. The molecule has 9 heteroatoms. The zero-order valence-electron chi connectivity index (χ0n) is 17.3. The van der Waals surface area contributed by atoms with Gasteiger partial charge < -0.3 is 0 Å². The van der Waals surface area contributed by atoms with Gasteiger partial charge in [-0.1, -0.05) is 42.5 Å². The maximum absolute atomic E-state index is 13.1. The summed E-state index contributed by atoms with van der Waals surface area (Å²) < 4.78 is 27.7. The normalized spacial score (nSPS) is 15.9. The molecule has 33 heavy (non-hydrogen) atoms. The number of nitrogens with zero attached hydrogens (tertiary/aromatic N) is 2. The summed E-state index contributed by atoms with van der Waals surface area (Å²) in [6, 6.07) is 22.8. The number of hydrogen-bond donors (Lipinski definition) is 1. The van der Waals surface area contributed by atoms with Crippen LogP contribution in [0.5, 0.6) is 0 Å². The average Bonchev–Trinajstić information content (AvgIpc) is 3.61. The molecule has 4 aromatic rings. The maximum atomic E-state index is 13.1. The van der Waals surface area contributed by atoms with Crippen LogP contribution in [0.4, 0.5) is 5.69 Å². The van der Waals surface area contributed by atoms with Gasteiger partial charge in [-0.3, -0.25) is 9.52 Å². The van der Waals surface area contributed by atoms with Crippen molar-refractivity contribution in [2.75, 3.05) is 4.72 Å². The SMILES string of the molecule is O=C(c1cccs1)N1N=C(c2ccc(NS(=O)(=O)c3ccccc3)cc2)C[C@@H]1c1cccs1. The van der Waals surface area contributed by atoms with Gasteiger partial charge in [0.25, 0.3) is 15.9 Å². The molecule has 0 radical (unpaired) electrons. The van der Waals surface area contributed by atoms with E-state index < -0.39 is 10.0 Å². The third-order valence-corrected chi connectivity index (χ3v) is 8.47. The second kappa shape index (κ2) is 8.93. The summed E-state index contributed by atoms with van der Waals surface area (Å²) >= 11 is 3.00. The second-order valence-corrected chi connectivity index (χ2v) is 11.0. The number of carbonyl (C=O) groups excluding carboxylic acids is 1. The lowest BCUT2D eigenvalue weighted by molar-refractivity contribution is 0.0719. The number of rotatable bonds is 6. The highest BCUT2D eigenvalue weighted by molar-refractivity contribution is 7.92. The zero-order chi connectivity index (χ0) is 22.8. The summed E-state index contributed by atoms with van der Waals surface area (Å²) in [5.74, 6) is -0.120. The monoisotopic (exact) mass is 493 g/mol. The standard InChI is InChI=1S/C24H19N3O3S3/c28-24(23-9-5-15-32-23)27-21(22-8-4-14-31-22)16-20(25-27)17-10-12-18(13-11-17)26-33(29,30)19-6-2-1-3-7-19/h1-15,21,26H,16H2/t21-/m1/s1. The molecule has 1 amide bonds. The van der Waals surface area contributed by atoms with E-state index in [1.54, 1.807) is 64.9 Å². The second-order valence-electron chi connectivity index (χ2n) is 7.40. The number of sulfonamides is 1. The number of anilines is 1. The van der Waals surface area contributed by atoms with Crippen molar-refractivity contribution >= 4 is 50.0 Å². The Bertz CT molecular complexity index is 1380. The lowest BCUT2D eigenvalue weighted by atomic mass is 10.0. The molecule has 0 fully saturated rings. The molecule has 1 aliphatic rings. The van der Waals surface area contributed by atoms with Crippen LogP contribution in [-0.2, 0) is 10.0 Å². The molecule has 3 heterocycles. The number of nitrogens with one attached hydrogen (secondary N) is 1. The van der Waals surface area contributed by atoms with Crippen LogP contribution in [0.15, 0.2) is 99.6 Å².